The lowest BCUT2D eigenvalue weighted by Gasteiger charge is -2.17. The molecule has 0 radical (unpaired) electrons. The van der Waals surface area contributed by atoms with E-state index in [0.717, 1.165) is 4.31 Å². The van der Waals surface area contributed by atoms with Crippen LogP contribution in [0.15, 0.2) is 27.6 Å². The van der Waals surface area contributed by atoms with E-state index >= 15 is 0 Å². The maximum absolute atomic E-state index is 12.2. The van der Waals surface area contributed by atoms with Crippen LogP contribution in [0.2, 0.25) is 0 Å². The summed E-state index contributed by atoms with van der Waals surface area (Å²) < 4.78 is 25.6. The number of nitrogens with two attached hydrogens (primary N) is 1. The summed E-state index contributed by atoms with van der Waals surface area (Å²) in [5, 5.41) is 17.2. The molecular weight excluding hydrogens is 320 g/mol. The monoisotopic (exact) mass is 328 g/mol. The Morgan fingerprint density at radius 3 is 2.33 bits per heavy atom. The number of anilines is 1. The zero-order valence-corrected chi connectivity index (χ0v) is 11.6. The molecule has 0 heterocycles. The Hall–Kier alpha value is -1.61. The first-order valence-electron chi connectivity index (χ1n) is 4.72. The number of nitriles is 2. The Bertz CT molecular complexity index is 614. The first kappa shape index (κ1) is 14.5. The molecule has 0 aliphatic heterocycles. The van der Waals surface area contributed by atoms with Crippen LogP contribution in [0.1, 0.15) is 0 Å². The largest absolute Gasteiger partial charge is 0.399 e. The molecule has 0 unspecified atom stereocenters. The first-order chi connectivity index (χ1) is 8.43. The minimum absolute atomic E-state index is 0.0620. The number of nitrogen functional groups attached to an aromatic ring is 1. The van der Waals surface area contributed by atoms with Crippen LogP contribution in [-0.2, 0) is 10.0 Å². The summed E-state index contributed by atoms with van der Waals surface area (Å²) in [4.78, 5) is -0.0620. The average Bonchev–Trinajstić information content (AvgIpc) is 2.32. The second kappa shape index (κ2) is 5.83. The molecule has 0 aliphatic carbocycles. The van der Waals surface area contributed by atoms with E-state index in [1.807, 2.05) is 0 Å². The van der Waals surface area contributed by atoms with E-state index in [0.29, 0.717) is 4.47 Å². The Balaban J connectivity index is 3.32. The summed E-state index contributed by atoms with van der Waals surface area (Å²) in [6.45, 7) is -0.783. The molecule has 0 saturated carbocycles. The van der Waals surface area contributed by atoms with Crippen molar-refractivity contribution in [3.63, 3.8) is 0 Å². The van der Waals surface area contributed by atoms with Crippen molar-refractivity contribution in [1.82, 2.24) is 4.31 Å². The lowest BCUT2D eigenvalue weighted by Crippen LogP contribution is -2.32. The third-order valence-corrected chi connectivity index (χ3v) is 4.85. The minimum atomic E-state index is -3.92. The maximum atomic E-state index is 12.2. The second-order valence-corrected chi connectivity index (χ2v) is 6.04. The fourth-order valence-electron chi connectivity index (χ4n) is 1.24. The predicted molar refractivity (Wildman–Crippen MR) is 68.5 cm³/mol. The predicted octanol–water partition coefficient (Wildman–Crippen LogP) is 1.07. The number of nitrogens with zero attached hydrogens (tertiary/aromatic N) is 3. The van der Waals surface area contributed by atoms with Gasteiger partial charge in [0.25, 0.3) is 0 Å². The topological polar surface area (TPSA) is 111 Å². The number of hydrogen-bond acceptors (Lipinski definition) is 5. The third-order valence-electron chi connectivity index (χ3n) is 2.07. The summed E-state index contributed by atoms with van der Waals surface area (Å²) in [6.07, 6.45) is 0. The van der Waals surface area contributed by atoms with E-state index in [4.69, 9.17) is 16.3 Å². The van der Waals surface area contributed by atoms with Crippen LogP contribution in [0.25, 0.3) is 0 Å². The normalized spacial score (nSPS) is 10.9. The molecule has 0 aromatic heterocycles. The van der Waals surface area contributed by atoms with Crippen molar-refractivity contribution in [3.8, 4) is 12.1 Å². The fourth-order valence-corrected chi connectivity index (χ4v) is 3.43. The quantitative estimate of drug-likeness (QED) is 0.656. The molecule has 0 amide bonds. The highest BCUT2D eigenvalue weighted by atomic mass is 79.9. The van der Waals surface area contributed by atoms with Gasteiger partial charge in [-0.1, -0.05) is 0 Å². The molecule has 6 nitrogen and oxygen atoms in total. The lowest BCUT2D eigenvalue weighted by molar-refractivity contribution is 0.479. The summed E-state index contributed by atoms with van der Waals surface area (Å²) in [5.41, 5.74) is 5.82. The molecule has 0 saturated heterocycles. The van der Waals surface area contributed by atoms with Crippen molar-refractivity contribution in [2.75, 3.05) is 18.8 Å². The standard InChI is InChI=1S/C10H9BrN4O2S/c11-9-2-1-8(14)7-10(9)18(16,17)15(5-3-12)6-4-13/h1-2,7H,5-6,14H2. The Morgan fingerprint density at radius 2 is 1.83 bits per heavy atom. The molecule has 0 atom stereocenters. The smallest absolute Gasteiger partial charge is 0.246 e. The highest BCUT2D eigenvalue weighted by Gasteiger charge is 2.26. The molecule has 0 aliphatic rings. The van der Waals surface area contributed by atoms with Gasteiger partial charge in [-0.2, -0.15) is 14.8 Å². The molecule has 8 heteroatoms. The van der Waals surface area contributed by atoms with E-state index < -0.39 is 23.1 Å². The van der Waals surface area contributed by atoms with Crippen molar-refractivity contribution >= 4 is 31.6 Å². The van der Waals surface area contributed by atoms with Crippen LogP contribution in [0.4, 0.5) is 5.69 Å². The van der Waals surface area contributed by atoms with Crippen molar-refractivity contribution < 1.29 is 8.42 Å². The number of halogens is 1. The van der Waals surface area contributed by atoms with Gasteiger partial charge in [0, 0.05) is 10.2 Å². The van der Waals surface area contributed by atoms with E-state index in [9.17, 15) is 8.42 Å². The van der Waals surface area contributed by atoms with E-state index in [1.165, 1.54) is 12.1 Å². The first-order valence-corrected chi connectivity index (χ1v) is 6.96. The van der Waals surface area contributed by atoms with Gasteiger partial charge >= 0.3 is 0 Å². The van der Waals surface area contributed by atoms with Crippen LogP contribution in [-0.4, -0.2) is 25.8 Å². The summed E-state index contributed by atoms with van der Waals surface area (Å²) >= 11 is 3.11. The fraction of sp³-hybridized carbons (Fsp3) is 0.200. The molecule has 0 spiro atoms. The molecule has 1 aromatic rings. The zero-order valence-electron chi connectivity index (χ0n) is 9.17. The van der Waals surface area contributed by atoms with Crippen LogP contribution in [0, 0.1) is 22.7 Å². The minimum Gasteiger partial charge on any atom is -0.399 e. The molecule has 0 bridgehead atoms. The van der Waals surface area contributed by atoms with E-state index in [2.05, 4.69) is 15.9 Å². The van der Waals surface area contributed by atoms with Gasteiger partial charge < -0.3 is 5.73 Å². The second-order valence-electron chi connectivity index (χ2n) is 3.28. The van der Waals surface area contributed by atoms with Gasteiger partial charge in [-0.15, -0.1) is 0 Å². The van der Waals surface area contributed by atoms with E-state index in [1.54, 1.807) is 18.2 Å². The van der Waals surface area contributed by atoms with Gasteiger partial charge in [0.1, 0.15) is 13.1 Å². The number of sulfonamides is 1. The summed E-state index contributed by atoms with van der Waals surface area (Å²) in [5.74, 6) is 0. The van der Waals surface area contributed by atoms with Crippen molar-refractivity contribution in [3.05, 3.63) is 22.7 Å². The van der Waals surface area contributed by atoms with Gasteiger partial charge in [-0.3, -0.25) is 0 Å². The van der Waals surface area contributed by atoms with Crippen LogP contribution in [0.5, 0.6) is 0 Å². The molecule has 2 N–H and O–H groups in total. The Kier molecular flexibility index (Phi) is 4.68. The van der Waals surface area contributed by atoms with Gasteiger partial charge in [-0.05, 0) is 34.1 Å². The van der Waals surface area contributed by atoms with Crippen LogP contribution >= 0.6 is 15.9 Å². The van der Waals surface area contributed by atoms with Gasteiger partial charge in [0.05, 0.1) is 17.0 Å². The van der Waals surface area contributed by atoms with Gasteiger partial charge in [0.2, 0.25) is 10.0 Å². The van der Waals surface area contributed by atoms with Gasteiger partial charge in [0.15, 0.2) is 0 Å². The molecule has 18 heavy (non-hydrogen) atoms. The Morgan fingerprint density at radius 1 is 1.28 bits per heavy atom. The Labute approximate surface area is 113 Å². The lowest BCUT2D eigenvalue weighted by atomic mass is 10.3. The van der Waals surface area contributed by atoms with Crippen LogP contribution in [0.3, 0.4) is 0 Å². The van der Waals surface area contributed by atoms with Crippen molar-refractivity contribution in [2.24, 2.45) is 0 Å². The molecule has 1 aromatic carbocycles. The van der Waals surface area contributed by atoms with Crippen molar-refractivity contribution in [1.29, 1.82) is 10.5 Å². The zero-order chi connectivity index (χ0) is 13.8. The molecule has 0 fully saturated rings. The van der Waals surface area contributed by atoms with E-state index in [-0.39, 0.29) is 10.6 Å². The highest BCUT2D eigenvalue weighted by molar-refractivity contribution is 9.10. The highest BCUT2D eigenvalue weighted by Crippen LogP contribution is 2.26. The maximum Gasteiger partial charge on any atom is 0.246 e. The molecule has 1 rings (SSSR count). The third kappa shape index (κ3) is 2.99. The number of rotatable bonds is 4. The number of hydrogen-bond donors (Lipinski definition) is 1. The summed E-state index contributed by atoms with van der Waals surface area (Å²) in [7, 11) is -3.92. The van der Waals surface area contributed by atoms with Crippen molar-refractivity contribution in [2.45, 2.75) is 4.90 Å². The number of benzene rings is 1. The van der Waals surface area contributed by atoms with Crippen LogP contribution < -0.4 is 5.73 Å². The average molecular weight is 329 g/mol. The van der Waals surface area contributed by atoms with Gasteiger partial charge in [-0.25, -0.2) is 8.42 Å². The molecule has 94 valence electrons. The summed E-state index contributed by atoms with van der Waals surface area (Å²) in [6, 6.07) is 7.75. The molecular formula is C10H9BrN4O2S. The SMILES string of the molecule is N#CCN(CC#N)S(=O)(=O)c1cc(N)ccc1Br.